The van der Waals surface area contributed by atoms with Crippen molar-refractivity contribution in [3.05, 3.63) is 32.6 Å². The topological polar surface area (TPSA) is 145 Å². The summed E-state index contributed by atoms with van der Waals surface area (Å²) in [5, 5.41) is 36.5. The molecule has 1 fully saturated rings. The van der Waals surface area contributed by atoms with Crippen LogP contribution in [0.4, 0.5) is 0 Å². The number of H-pyrrole nitrogens is 1. The zero-order valence-corrected chi connectivity index (χ0v) is 14.0. The van der Waals surface area contributed by atoms with E-state index in [1.807, 2.05) is 0 Å². The normalized spacial score (nSPS) is 23.1. The zero-order valence-electron chi connectivity index (χ0n) is 14.0. The van der Waals surface area contributed by atoms with Crippen LogP contribution in [0.1, 0.15) is 43.9 Å². The molecule has 0 saturated carbocycles. The Hall–Kier alpha value is -1.46. The van der Waals surface area contributed by atoms with Crippen LogP contribution in [0.25, 0.3) is 0 Å². The van der Waals surface area contributed by atoms with E-state index in [1.54, 1.807) is 0 Å². The maximum absolute atomic E-state index is 12.0. The molecule has 0 radical (unpaired) electrons. The molecule has 140 valence electrons. The van der Waals surface area contributed by atoms with Crippen LogP contribution >= 0.6 is 0 Å². The zero-order chi connectivity index (χ0) is 18.4. The Morgan fingerprint density at radius 2 is 1.96 bits per heavy atom. The third-order valence-corrected chi connectivity index (χ3v) is 4.39. The quantitative estimate of drug-likeness (QED) is 0.275. The van der Waals surface area contributed by atoms with Crippen molar-refractivity contribution in [2.24, 2.45) is 0 Å². The minimum absolute atomic E-state index is 0.167. The van der Waals surface area contributed by atoms with Crippen molar-refractivity contribution in [1.82, 2.24) is 9.55 Å². The van der Waals surface area contributed by atoms with Gasteiger partial charge in [-0.15, -0.1) is 0 Å². The Bertz CT molecular complexity index is 660. The molecular formula is C15H25BN2O7. The highest BCUT2D eigenvalue weighted by molar-refractivity contribution is 6.40. The molecule has 1 saturated heterocycles. The van der Waals surface area contributed by atoms with Crippen molar-refractivity contribution in [2.45, 2.75) is 63.3 Å². The summed E-state index contributed by atoms with van der Waals surface area (Å²) >= 11 is 0. The van der Waals surface area contributed by atoms with Crippen LogP contribution in [0, 0.1) is 0 Å². The van der Waals surface area contributed by atoms with Gasteiger partial charge in [0, 0.05) is 18.2 Å². The smallest absolute Gasteiger partial charge is 0.427 e. The molecule has 0 aromatic carbocycles. The Morgan fingerprint density at radius 3 is 2.60 bits per heavy atom. The highest BCUT2D eigenvalue weighted by Crippen LogP contribution is 2.27. The number of aromatic nitrogens is 2. The summed E-state index contributed by atoms with van der Waals surface area (Å²) in [6.07, 6.45) is 3.20. The second-order valence-electron chi connectivity index (χ2n) is 6.37. The van der Waals surface area contributed by atoms with Crippen molar-refractivity contribution in [2.75, 3.05) is 6.61 Å². The summed E-state index contributed by atoms with van der Waals surface area (Å²) in [5.41, 5.74) is -0.599. The molecule has 0 bridgehead atoms. The Morgan fingerprint density at radius 1 is 1.24 bits per heavy atom. The minimum Gasteiger partial charge on any atom is -0.427 e. The first-order valence-electron chi connectivity index (χ1n) is 8.57. The maximum atomic E-state index is 12.0. The van der Waals surface area contributed by atoms with E-state index in [2.05, 4.69) is 4.98 Å². The molecule has 25 heavy (non-hydrogen) atoms. The molecule has 9 nitrogen and oxygen atoms in total. The number of aliphatic hydroxyl groups excluding tert-OH is 2. The molecule has 2 rings (SSSR count). The van der Waals surface area contributed by atoms with E-state index in [0.717, 1.165) is 19.3 Å². The predicted octanol–water partition coefficient (Wildman–Crippen LogP) is -1.25. The number of aryl methyl sites for hydroxylation is 1. The number of ether oxygens (including phenoxy) is 1. The molecule has 0 aliphatic carbocycles. The average molecular weight is 356 g/mol. The number of aliphatic hydroxyl groups is 2. The molecule has 0 spiro atoms. The van der Waals surface area contributed by atoms with Gasteiger partial charge < -0.3 is 25.0 Å². The number of aromatic amines is 1. The summed E-state index contributed by atoms with van der Waals surface area (Å²) in [6.45, 7) is -0.342. The van der Waals surface area contributed by atoms with Crippen LogP contribution in [0.15, 0.2) is 15.8 Å². The lowest BCUT2D eigenvalue weighted by atomic mass is 9.83. The van der Waals surface area contributed by atoms with Crippen LogP contribution in [0.2, 0.25) is 6.32 Å². The monoisotopic (exact) mass is 356 g/mol. The molecule has 1 aliphatic heterocycles. The van der Waals surface area contributed by atoms with E-state index in [1.165, 1.54) is 10.8 Å². The molecule has 2 heterocycles. The molecule has 1 aromatic rings. The van der Waals surface area contributed by atoms with Gasteiger partial charge in [0.2, 0.25) is 0 Å². The van der Waals surface area contributed by atoms with Gasteiger partial charge in [0.1, 0.15) is 12.3 Å². The van der Waals surface area contributed by atoms with E-state index in [0.29, 0.717) is 24.7 Å². The number of hydrogen-bond donors (Lipinski definition) is 5. The number of hydrogen-bond acceptors (Lipinski definition) is 7. The molecule has 0 amide bonds. The van der Waals surface area contributed by atoms with Crippen molar-refractivity contribution in [1.29, 1.82) is 0 Å². The molecule has 1 aromatic heterocycles. The van der Waals surface area contributed by atoms with Crippen LogP contribution in [-0.2, 0) is 11.2 Å². The van der Waals surface area contributed by atoms with Crippen molar-refractivity contribution < 1.29 is 25.0 Å². The van der Waals surface area contributed by atoms with Gasteiger partial charge in [0.25, 0.3) is 5.56 Å². The van der Waals surface area contributed by atoms with E-state index in [4.69, 9.17) is 19.9 Å². The van der Waals surface area contributed by atoms with E-state index in [9.17, 15) is 14.7 Å². The van der Waals surface area contributed by atoms with E-state index >= 15 is 0 Å². The molecule has 5 N–H and O–H groups in total. The fourth-order valence-electron chi connectivity index (χ4n) is 2.97. The SMILES string of the molecule is O=c1[nH]c(=O)n([C@@H]2CC(O)[C@H](CO)O2)cc1CCCCCCB(O)O. The second kappa shape index (κ2) is 9.30. The molecule has 10 heteroatoms. The van der Waals surface area contributed by atoms with Gasteiger partial charge in [-0.25, -0.2) is 4.79 Å². The summed E-state index contributed by atoms with van der Waals surface area (Å²) < 4.78 is 6.71. The average Bonchev–Trinajstić information content (AvgIpc) is 2.92. The number of rotatable bonds is 9. The molecule has 1 aliphatic rings. The first-order chi connectivity index (χ1) is 11.9. The first-order valence-corrected chi connectivity index (χ1v) is 8.57. The first kappa shape index (κ1) is 19.9. The maximum Gasteiger partial charge on any atom is 0.451 e. The van der Waals surface area contributed by atoms with E-state index in [-0.39, 0.29) is 13.0 Å². The highest BCUT2D eigenvalue weighted by Gasteiger charge is 2.35. The van der Waals surface area contributed by atoms with Gasteiger partial charge in [0.05, 0.1) is 12.7 Å². The number of nitrogens with zero attached hydrogens (tertiary/aromatic N) is 1. The summed E-state index contributed by atoms with van der Waals surface area (Å²) in [4.78, 5) is 26.2. The largest absolute Gasteiger partial charge is 0.451 e. The fourth-order valence-corrected chi connectivity index (χ4v) is 2.97. The van der Waals surface area contributed by atoms with Crippen molar-refractivity contribution in [3.63, 3.8) is 0 Å². The molecule has 1 unspecified atom stereocenters. The fraction of sp³-hybridized carbons (Fsp3) is 0.733. The molecule has 3 atom stereocenters. The third-order valence-electron chi connectivity index (χ3n) is 4.39. The lowest BCUT2D eigenvalue weighted by Crippen LogP contribution is -2.34. The van der Waals surface area contributed by atoms with E-state index < -0.39 is 36.8 Å². The Balaban J connectivity index is 1.96. The van der Waals surface area contributed by atoms with Gasteiger partial charge in [0.15, 0.2) is 0 Å². The highest BCUT2D eigenvalue weighted by atomic mass is 16.5. The van der Waals surface area contributed by atoms with Crippen LogP contribution in [-0.4, -0.2) is 55.7 Å². The Labute approximate surface area is 145 Å². The van der Waals surface area contributed by atoms with Crippen LogP contribution in [0.5, 0.6) is 0 Å². The number of unbranched alkanes of at least 4 members (excludes halogenated alkanes) is 3. The van der Waals surface area contributed by atoms with Gasteiger partial charge >= 0.3 is 12.8 Å². The van der Waals surface area contributed by atoms with Crippen LogP contribution < -0.4 is 11.2 Å². The second-order valence-corrected chi connectivity index (χ2v) is 6.37. The Kier molecular flexibility index (Phi) is 7.39. The van der Waals surface area contributed by atoms with Crippen molar-refractivity contribution in [3.8, 4) is 0 Å². The summed E-state index contributed by atoms with van der Waals surface area (Å²) in [7, 11) is -1.28. The van der Waals surface area contributed by atoms with Gasteiger partial charge in [-0.05, 0) is 19.2 Å². The standard InChI is InChI=1S/C15H25BN2O7/c19-9-12-11(20)7-13(25-12)18-8-10(14(21)17-15(18)22)5-3-1-2-4-6-16(23)24/h8,11-13,19-20,23-24H,1-7,9H2,(H,17,21,22)/t11?,12-,13-/m0/s1. The minimum atomic E-state index is -1.28. The van der Waals surface area contributed by atoms with Gasteiger partial charge in [-0.3, -0.25) is 14.3 Å². The summed E-state index contributed by atoms with van der Waals surface area (Å²) in [6, 6.07) is 0. The van der Waals surface area contributed by atoms with Gasteiger partial charge in [-0.1, -0.05) is 19.3 Å². The third kappa shape index (κ3) is 5.51. The lowest BCUT2D eigenvalue weighted by molar-refractivity contribution is -0.0460. The van der Waals surface area contributed by atoms with Crippen LogP contribution in [0.3, 0.4) is 0 Å². The molecular weight excluding hydrogens is 331 g/mol. The lowest BCUT2D eigenvalue weighted by Gasteiger charge is -2.15. The van der Waals surface area contributed by atoms with Gasteiger partial charge in [-0.2, -0.15) is 0 Å². The van der Waals surface area contributed by atoms with Crippen molar-refractivity contribution >= 4 is 7.12 Å². The predicted molar refractivity (Wildman–Crippen MR) is 90.1 cm³/mol. The number of nitrogens with one attached hydrogen (secondary N) is 1. The summed E-state index contributed by atoms with van der Waals surface area (Å²) in [5.74, 6) is 0.